The SMILES string of the molecule is NS(=O)(=O)c1ccc(S(=O)(=O)NCC(c2cccc(Cl)c2)N2CCOCC2)cc1. The van der Waals surface area contributed by atoms with Crippen LogP contribution in [0, 0.1) is 0 Å². The van der Waals surface area contributed by atoms with Crippen LogP contribution in [0.2, 0.25) is 5.02 Å². The van der Waals surface area contributed by atoms with Gasteiger partial charge in [0.05, 0.1) is 23.0 Å². The van der Waals surface area contributed by atoms with Crippen molar-refractivity contribution in [2.24, 2.45) is 5.14 Å². The lowest BCUT2D eigenvalue weighted by Gasteiger charge is -2.35. The highest BCUT2D eigenvalue weighted by Gasteiger charge is 2.25. The molecule has 29 heavy (non-hydrogen) atoms. The summed E-state index contributed by atoms with van der Waals surface area (Å²) in [6, 6.07) is 11.8. The lowest BCUT2D eigenvalue weighted by atomic mass is 10.1. The normalized spacial score (nSPS) is 17.2. The minimum absolute atomic E-state index is 0.0447. The molecule has 1 unspecified atom stereocenters. The summed E-state index contributed by atoms with van der Waals surface area (Å²) >= 11 is 6.12. The van der Waals surface area contributed by atoms with E-state index in [4.69, 9.17) is 21.5 Å². The summed E-state index contributed by atoms with van der Waals surface area (Å²) in [4.78, 5) is 1.94. The molecule has 0 aromatic heterocycles. The van der Waals surface area contributed by atoms with E-state index in [1.54, 1.807) is 6.07 Å². The average molecular weight is 460 g/mol. The summed E-state index contributed by atoms with van der Waals surface area (Å²) in [5.74, 6) is 0. The van der Waals surface area contributed by atoms with Crippen molar-refractivity contribution in [2.45, 2.75) is 15.8 Å². The summed E-state index contributed by atoms with van der Waals surface area (Å²) in [5, 5.41) is 5.63. The van der Waals surface area contributed by atoms with Crippen LogP contribution < -0.4 is 9.86 Å². The van der Waals surface area contributed by atoms with Crippen LogP contribution in [0.1, 0.15) is 11.6 Å². The van der Waals surface area contributed by atoms with E-state index >= 15 is 0 Å². The van der Waals surface area contributed by atoms with Crippen LogP contribution in [-0.2, 0) is 24.8 Å². The summed E-state index contributed by atoms with van der Waals surface area (Å²) in [6.45, 7) is 2.60. The van der Waals surface area contributed by atoms with Gasteiger partial charge >= 0.3 is 0 Å². The third-order valence-electron chi connectivity index (χ3n) is 4.65. The summed E-state index contributed by atoms with van der Waals surface area (Å²) in [6.07, 6.45) is 0. The second kappa shape index (κ2) is 9.09. The first-order chi connectivity index (χ1) is 13.7. The standard InChI is InChI=1S/C18H22ClN3O5S2/c19-15-3-1-2-14(12-15)18(22-8-10-27-11-9-22)13-21-29(25,26)17-6-4-16(5-7-17)28(20,23)24/h1-7,12,18,21H,8-11,13H2,(H2,20,23,24). The molecular formula is C18H22ClN3O5S2. The van der Waals surface area contributed by atoms with Gasteiger partial charge in [0.1, 0.15) is 0 Å². The molecule has 11 heteroatoms. The van der Waals surface area contributed by atoms with Gasteiger partial charge in [0.25, 0.3) is 0 Å². The Hall–Kier alpha value is -1.53. The molecule has 0 spiro atoms. The third kappa shape index (κ3) is 5.76. The monoisotopic (exact) mass is 459 g/mol. The van der Waals surface area contributed by atoms with E-state index in [-0.39, 0.29) is 22.4 Å². The zero-order chi connectivity index (χ0) is 21.1. The number of hydrogen-bond acceptors (Lipinski definition) is 6. The Balaban J connectivity index is 1.80. The first kappa shape index (κ1) is 22.2. The smallest absolute Gasteiger partial charge is 0.240 e. The number of primary sulfonamides is 1. The number of morpholine rings is 1. The van der Waals surface area contributed by atoms with Gasteiger partial charge in [-0.15, -0.1) is 0 Å². The number of nitrogens with zero attached hydrogens (tertiary/aromatic N) is 1. The van der Waals surface area contributed by atoms with E-state index in [0.29, 0.717) is 31.3 Å². The lowest BCUT2D eigenvalue weighted by Crippen LogP contribution is -2.43. The minimum Gasteiger partial charge on any atom is -0.379 e. The number of halogens is 1. The van der Waals surface area contributed by atoms with Crippen molar-refractivity contribution in [3.63, 3.8) is 0 Å². The fourth-order valence-corrected chi connectivity index (χ4v) is 4.89. The largest absolute Gasteiger partial charge is 0.379 e. The van der Waals surface area contributed by atoms with Crippen LogP contribution in [0.3, 0.4) is 0 Å². The maximum Gasteiger partial charge on any atom is 0.240 e. The molecule has 0 aliphatic carbocycles. The molecule has 0 amide bonds. The highest BCUT2D eigenvalue weighted by molar-refractivity contribution is 7.89. The molecule has 1 heterocycles. The van der Waals surface area contributed by atoms with Crippen LogP contribution >= 0.6 is 11.6 Å². The van der Waals surface area contributed by atoms with Crippen LogP contribution in [0.4, 0.5) is 0 Å². The van der Waals surface area contributed by atoms with Crippen molar-refractivity contribution >= 4 is 31.6 Å². The number of benzene rings is 2. The van der Waals surface area contributed by atoms with E-state index in [9.17, 15) is 16.8 Å². The number of sulfonamides is 2. The first-order valence-corrected chi connectivity index (χ1v) is 12.3. The Morgan fingerprint density at radius 2 is 1.66 bits per heavy atom. The van der Waals surface area contributed by atoms with Crippen LogP contribution in [0.25, 0.3) is 0 Å². The maximum absolute atomic E-state index is 12.7. The Labute approximate surface area is 175 Å². The Kier molecular flexibility index (Phi) is 6.94. The molecule has 0 radical (unpaired) electrons. The highest BCUT2D eigenvalue weighted by Crippen LogP contribution is 2.24. The van der Waals surface area contributed by atoms with E-state index in [0.717, 1.165) is 5.56 Å². The predicted molar refractivity (Wildman–Crippen MR) is 110 cm³/mol. The van der Waals surface area contributed by atoms with Crippen molar-refractivity contribution in [3.8, 4) is 0 Å². The van der Waals surface area contributed by atoms with Gasteiger partial charge < -0.3 is 4.74 Å². The second-order valence-corrected chi connectivity index (χ2v) is 10.4. The molecule has 0 saturated carbocycles. The fourth-order valence-electron chi connectivity index (χ4n) is 3.14. The van der Waals surface area contributed by atoms with Crippen LogP contribution in [0.5, 0.6) is 0 Å². The predicted octanol–water partition coefficient (Wildman–Crippen LogP) is 1.34. The molecule has 1 aliphatic rings. The number of hydrogen-bond donors (Lipinski definition) is 2. The van der Waals surface area contributed by atoms with E-state index in [2.05, 4.69) is 9.62 Å². The van der Waals surface area contributed by atoms with E-state index < -0.39 is 20.0 Å². The molecule has 3 N–H and O–H groups in total. The van der Waals surface area contributed by atoms with Gasteiger partial charge in [0, 0.05) is 30.7 Å². The highest BCUT2D eigenvalue weighted by atomic mass is 35.5. The number of rotatable bonds is 7. The molecule has 1 fully saturated rings. The number of ether oxygens (including phenoxy) is 1. The molecule has 8 nitrogen and oxygen atoms in total. The Morgan fingerprint density at radius 1 is 1.03 bits per heavy atom. The van der Waals surface area contributed by atoms with Crippen molar-refractivity contribution in [1.29, 1.82) is 0 Å². The lowest BCUT2D eigenvalue weighted by molar-refractivity contribution is 0.0172. The number of nitrogens with one attached hydrogen (secondary N) is 1. The van der Waals surface area contributed by atoms with Gasteiger partial charge in [-0.2, -0.15) is 0 Å². The van der Waals surface area contributed by atoms with Gasteiger partial charge in [-0.25, -0.2) is 26.7 Å². The molecule has 1 aliphatic heterocycles. The summed E-state index contributed by atoms with van der Waals surface area (Å²) in [7, 11) is -7.74. The number of nitrogens with two attached hydrogens (primary N) is 1. The van der Waals surface area contributed by atoms with Gasteiger partial charge in [0.2, 0.25) is 20.0 Å². The molecule has 2 aromatic carbocycles. The Bertz CT molecular complexity index is 1050. The third-order valence-corrected chi connectivity index (χ3v) is 7.25. The van der Waals surface area contributed by atoms with Crippen molar-refractivity contribution in [1.82, 2.24) is 9.62 Å². The molecule has 1 atom stereocenters. The van der Waals surface area contributed by atoms with Gasteiger partial charge in [0.15, 0.2) is 0 Å². The summed E-state index contributed by atoms with van der Waals surface area (Å²) < 4.78 is 56.2. The quantitative estimate of drug-likeness (QED) is 0.644. The molecule has 0 bridgehead atoms. The molecule has 1 saturated heterocycles. The molecule has 158 valence electrons. The zero-order valence-electron chi connectivity index (χ0n) is 15.5. The van der Waals surface area contributed by atoms with Crippen molar-refractivity contribution in [2.75, 3.05) is 32.8 Å². The summed E-state index contributed by atoms with van der Waals surface area (Å²) in [5.41, 5.74) is 0.895. The van der Waals surface area contributed by atoms with E-state index in [1.165, 1.54) is 24.3 Å². The topological polar surface area (TPSA) is 119 Å². The van der Waals surface area contributed by atoms with Gasteiger partial charge in [-0.05, 0) is 42.0 Å². The molecule has 2 aromatic rings. The molecular weight excluding hydrogens is 438 g/mol. The van der Waals surface area contributed by atoms with Crippen molar-refractivity contribution < 1.29 is 21.6 Å². The van der Waals surface area contributed by atoms with E-state index in [1.807, 2.05) is 18.2 Å². The Morgan fingerprint density at radius 3 is 2.24 bits per heavy atom. The second-order valence-electron chi connectivity index (χ2n) is 6.59. The zero-order valence-corrected chi connectivity index (χ0v) is 17.9. The first-order valence-electron chi connectivity index (χ1n) is 8.86. The fraction of sp³-hybridized carbons (Fsp3) is 0.333. The molecule has 3 rings (SSSR count). The van der Waals surface area contributed by atoms with Gasteiger partial charge in [-0.3, -0.25) is 4.90 Å². The maximum atomic E-state index is 12.7. The minimum atomic E-state index is -3.89. The van der Waals surface area contributed by atoms with Crippen LogP contribution in [-0.4, -0.2) is 54.6 Å². The average Bonchev–Trinajstić information content (AvgIpc) is 2.68. The van der Waals surface area contributed by atoms with Gasteiger partial charge in [-0.1, -0.05) is 23.7 Å². The van der Waals surface area contributed by atoms with Crippen molar-refractivity contribution in [3.05, 3.63) is 59.1 Å². The van der Waals surface area contributed by atoms with Crippen LogP contribution in [0.15, 0.2) is 58.3 Å².